The Hall–Kier alpha value is -3.02. The molecule has 9 atom stereocenters. The van der Waals surface area contributed by atoms with Crippen molar-refractivity contribution in [3.63, 3.8) is 0 Å². The lowest BCUT2D eigenvalue weighted by Crippen LogP contribution is -2.60. The summed E-state index contributed by atoms with van der Waals surface area (Å²) in [7, 11) is 1.57. The van der Waals surface area contributed by atoms with Gasteiger partial charge in [-0.25, -0.2) is 0 Å². The van der Waals surface area contributed by atoms with Crippen molar-refractivity contribution in [3.05, 3.63) is 42.0 Å². The Kier molecular flexibility index (Phi) is 9.26. The minimum absolute atomic E-state index is 0.154. The van der Waals surface area contributed by atoms with E-state index in [0.29, 0.717) is 41.4 Å². The molecule has 2 saturated heterocycles. The maximum absolute atomic E-state index is 10.4. The van der Waals surface area contributed by atoms with Crippen LogP contribution in [0, 0.1) is 0 Å². The Morgan fingerprint density at radius 3 is 2.43 bits per heavy atom. The second-order valence-corrected chi connectivity index (χ2v) is 11.0. The Morgan fingerprint density at radius 1 is 0.818 bits per heavy atom. The quantitative estimate of drug-likeness (QED) is 0.166. The fourth-order valence-corrected chi connectivity index (χ4v) is 5.45. The maximum Gasteiger partial charge on any atom is 0.231 e. The van der Waals surface area contributed by atoms with Crippen LogP contribution in [0.4, 0.5) is 0 Å². The molecule has 2 aromatic carbocycles. The van der Waals surface area contributed by atoms with Crippen LogP contribution in [0.3, 0.4) is 0 Å². The fraction of sp³-hybridized carbons (Fsp3) is 0.533. The SMILES string of the molecule is COc1cc(CCCO[C@@H]2O[C@@H](CO[C@H]3OC[C@@H](O)[C@@H](O)[C@H]3O)[C@@H](O)[C@@H](O)[C@H]2O)cc2cc(-c3ccc4c(c3)OCO4)oc12. The van der Waals surface area contributed by atoms with Gasteiger partial charge in [0.1, 0.15) is 48.5 Å². The van der Waals surface area contributed by atoms with Gasteiger partial charge in [-0.2, -0.15) is 0 Å². The van der Waals surface area contributed by atoms with E-state index in [1.54, 1.807) is 7.11 Å². The molecule has 14 nitrogen and oxygen atoms in total. The van der Waals surface area contributed by atoms with Crippen molar-refractivity contribution >= 4 is 11.0 Å². The summed E-state index contributed by atoms with van der Waals surface area (Å²) in [5, 5.41) is 61.5. The van der Waals surface area contributed by atoms with Crippen molar-refractivity contribution in [1.29, 1.82) is 0 Å². The summed E-state index contributed by atoms with van der Waals surface area (Å²) in [5.74, 6) is 2.56. The monoisotopic (exact) mass is 620 g/mol. The Balaban J connectivity index is 1.05. The zero-order valence-electron chi connectivity index (χ0n) is 23.9. The first-order valence-corrected chi connectivity index (χ1v) is 14.3. The third kappa shape index (κ3) is 6.23. The minimum atomic E-state index is -1.58. The van der Waals surface area contributed by atoms with Crippen molar-refractivity contribution in [2.45, 2.75) is 68.1 Å². The first-order chi connectivity index (χ1) is 21.2. The van der Waals surface area contributed by atoms with Gasteiger partial charge in [-0.3, -0.25) is 0 Å². The summed E-state index contributed by atoms with van der Waals surface area (Å²) in [6, 6.07) is 11.4. The van der Waals surface area contributed by atoms with E-state index in [1.807, 2.05) is 36.4 Å². The standard InChI is InChI=1S/C30H36O14/c1-37-21-8-14(7-16-10-19(43-28(16)21)15-4-5-18-20(9-15)42-13-41-18)3-2-6-38-30-27(36)25(34)24(33)22(44-30)12-40-29-26(35)23(32)17(31)11-39-29/h4-5,7-10,17,22-27,29-36H,2-3,6,11-13H2,1H3/t17-,22+,23-,24-,25-,26-,27-,29-,30-/m1/s1. The highest BCUT2D eigenvalue weighted by atomic mass is 16.7. The summed E-state index contributed by atoms with van der Waals surface area (Å²) < 4.78 is 44.6. The van der Waals surface area contributed by atoms with Crippen LogP contribution in [0.2, 0.25) is 0 Å². The normalized spacial score (nSPS) is 31.8. The number of hydrogen-bond donors (Lipinski definition) is 6. The number of aliphatic hydroxyl groups excluding tert-OH is 6. The Morgan fingerprint density at radius 2 is 1.61 bits per heavy atom. The number of furan rings is 1. The summed E-state index contributed by atoms with van der Waals surface area (Å²) in [6.07, 6.45) is -11.5. The first kappa shape index (κ1) is 31.0. The van der Waals surface area contributed by atoms with Gasteiger partial charge in [0.15, 0.2) is 35.4 Å². The predicted molar refractivity (Wildman–Crippen MR) is 149 cm³/mol. The van der Waals surface area contributed by atoms with E-state index in [9.17, 15) is 30.6 Å². The van der Waals surface area contributed by atoms with E-state index in [1.165, 1.54) is 0 Å². The van der Waals surface area contributed by atoms with Crippen molar-refractivity contribution in [2.24, 2.45) is 0 Å². The molecule has 0 saturated carbocycles. The fourth-order valence-electron chi connectivity index (χ4n) is 5.45. The zero-order valence-corrected chi connectivity index (χ0v) is 23.9. The molecule has 0 amide bonds. The van der Waals surface area contributed by atoms with Crippen LogP contribution >= 0.6 is 0 Å². The molecular formula is C30H36O14. The molecule has 1 aromatic heterocycles. The topological polar surface area (TPSA) is 199 Å². The third-order valence-electron chi connectivity index (χ3n) is 7.96. The molecule has 44 heavy (non-hydrogen) atoms. The van der Waals surface area contributed by atoms with Gasteiger partial charge in [-0.15, -0.1) is 0 Å². The Labute approximate surface area is 251 Å². The van der Waals surface area contributed by atoms with Crippen LogP contribution in [0.25, 0.3) is 22.3 Å². The van der Waals surface area contributed by atoms with Crippen LogP contribution in [-0.2, 0) is 25.4 Å². The number of rotatable bonds is 10. The summed E-state index contributed by atoms with van der Waals surface area (Å²) in [6.45, 7) is -0.276. The lowest BCUT2D eigenvalue weighted by molar-refractivity contribution is -0.320. The molecule has 6 N–H and O–H groups in total. The van der Waals surface area contributed by atoms with Gasteiger partial charge >= 0.3 is 0 Å². The molecule has 0 unspecified atom stereocenters. The van der Waals surface area contributed by atoms with Gasteiger partial charge in [0.2, 0.25) is 6.79 Å². The number of ether oxygens (including phenoxy) is 7. The molecule has 14 heteroatoms. The van der Waals surface area contributed by atoms with Crippen LogP contribution in [0.15, 0.2) is 40.8 Å². The molecule has 4 heterocycles. The molecular weight excluding hydrogens is 584 g/mol. The molecule has 240 valence electrons. The largest absolute Gasteiger partial charge is 0.493 e. The lowest BCUT2D eigenvalue weighted by Gasteiger charge is -2.41. The van der Waals surface area contributed by atoms with E-state index in [-0.39, 0.29) is 26.6 Å². The van der Waals surface area contributed by atoms with Crippen LogP contribution < -0.4 is 14.2 Å². The molecule has 0 spiro atoms. The van der Waals surface area contributed by atoms with Crippen LogP contribution in [-0.4, -0.2) is 120 Å². The molecule has 6 rings (SSSR count). The molecule has 0 bridgehead atoms. The van der Waals surface area contributed by atoms with E-state index in [0.717, 1.165) is 16.5 Å². The van der Waals surface area contributed by atoms with Crippen molar-refractivity contribution < 1.29 is 68.2 Å². The predicted octanol–water partition coefficient (Wildman–Crippen LogP) is 0.0495. The second-order valence-electron chi connectivity index (χ2n) is 11.0. The summed E-state index contributed by atoms with van der Waals surface area (Å²) in [5.41, 5.74) is 2.40. The zero-order chi connectivity index (χ0) is 31.0. The summed E-state index contributed by atoms with van der Waals surface area (Å²) >= 11 is 0. The van der Waals surface area contributed by atoms with Gasteiger partial charge in [-0.1, -0.05) is 0 Å². The molecule has 3 aliphatic rings. The number of fused-ring (bicyclic) bond motifs is 2. The van der Waals surface area contributed by atoms with Gasteiger partial charge in [-0.05, 0) is 54.8 Å². The van der Waals surface area contributed by atoms with Crippen molar-refractivity contribution in [3.8, 4) is 28.6 Å². The summed E-state index contributed by atoms with van der Waals surface area (Å²) in [4.78, 5) is 0. The molecule has 0 aliphatic carbocycles. The van der Waals surface area contributed by atoms with Crippen LogP contribution in [0.1, 0.15) is 12.0 Å². The number of aliphatic hydroxyl groups is 6. The average Bonchev–Trinajstić information content (AvgIpc) is 3.68. The van der Waals surface area contributed by atoms with Gasteiger partial charge in [0.05, 0.1) is 26.9 Å². The molecule has 0 radical (unpaired) electrons. The van der Waals surface area contributed by atoms with Crippen LogP contribution in [0.5, 0.6) is 17.2 Å². The van der Waals surface area contributed by atoms with Crippen molar-refractivity contribution in [2.75, 3.05) is 33.7 Å². The number of methoxy groups -OCH3 is 1. The average molecular weight is 621 g/mol. The van der Waals surface area contributed by atoms with E-state index in [2.05, 4.69) is 0 Å². The maximum atomic E-state index is 10.4. The highest BCUT2D eigenvalue weighted by Crippen LogP contribution is 2.39. The lowest BCUT2D eigenvalue weighted by atomic mass is 9.99. The molecule has 3 aromatic rings. The van der Waals surface area contributed by atoms with Gasteiger partial charge in [0.25, 0.3) is 0 Å². The first-order valence-electron chi connectivity index (χ1n) is 14.3. The highest BCUT2D eigenvalue weighted by molar-refractivity contribution is 5.88. The number of benzene rings is 2. The second kappa shape index (κ2) is 13.1. The number of aryl methyl sites for hydroxylation is 1. The minimum Gasteiger partial charge on any atom is -0.493 e. The number of hydrogen-bond acceptors (Lipinski definition) is 14. The highest BCUT2D eigenvalue weighted by Gasteiger charge is 2.45. The van der Waals surface area contributed by atoms with E-state index < -0.39 is 55.3 Å². The molecule has 3 aliphatic heterocycles. The smallest absolute Gasteiger partial charge is 0.231 e. The van der Waals surface area contributed by atoms with Crippen molar-refractivity contribution in [1.82, 2.24) is 0 Å². The third-order valence-corrected chi connectivity index (χ3v) is 7.96. The van der Waals surface area contributed by atoms with Gasteiger partial charge < -0.3 is 68.2 Å². The molecule has 2 fully saturated rings. The van der Waals surface area contributed by atoms with Gasteiger partial charge in [0, 0.05) is 10.9 Å². The van der Waals surface area contributed by atoms with E-state index in [4.69, 9.17) is 37.6 Å². The Bertz CT molecular complexity index is 1430. The van der Waals surface area contributed by atoms with E-state index >= 15 is 0 Å².